The maximum absolute atomic E-state index is 12.6. The second-order valence-corrected chi connectivity index (χ2v) is 8.88. The fourth-order valence-corrected chi connectivity index (χ4v) is 3.91. The first-order chi connectivity index (χ1) is 13.7. The largest absolute Gasteiger partial charge is 0.548 e. The highest BCUT2D eigenvalue weighted by Gasteiger charge is 2.21. The Morgan fingerprint density at radius 2 is 1.86 bits per heavy atom. The highest BCUT2D eigenvalue weighted by molar-refractivity contribution is 7.89. The molecule has 0 unspecified atom stereocenters. The van der Waals surface area contributed by atoms with Gasteiger partial charge in [-0.2, -0.15) is 0 Å². The van der Waals surface area contributed by atoms with Crippen LogP contribution in [0, 0.1) is 0 Å². The minimum Gasteiger partial charge on any atom is -0.548 e. The van der Waals surface area contributed by atoms with Crippen molar-refractivity contribution < 1.29 is 23.1 Å². The molecule has 2 N–H and O–H groups in total. The molecule has 8 nitrogen and oxygen atoms in total. The van der Waals surface area contributed by atoms with Crippen molar-refractivity contribution in [3.63, 3.8) is 0 Å². The van der Waals surface area contributed by atoms with Crippen LogP contribution >= 0.6 is 0 Å². The molecule has 0 aliphatic heterocycles. The zero-order valence-corrected chi connectivity index (χ0v) is 16.7. The molecule has 0 aliphatic carbocycles. The van der Waals surface area contributed by atoms with E-state index < -0.39 is 27.9 Å². The van der Waals surface area contributed by atoms with Crippen LogP contribution in [0.1, 0.15) is 15.9 Å². The number of benzene rings is 2. The number of amides is 1. The van der Waals surface area contributed by atoms with E-state index in [1.807, 2.05) is 24.3 Å². The average molecular weight is 414 g/mol. The van der Waals surface area contributed by atoms with Gasteiger partial charge in [-0.15, -0.1) is 0 Å². The number of carboxylic acids is 1. The molecule has 0 bridgehead atoms. The first-order valence-corrected chi connectivity index (χ1v) is 10.2. The normalized spacial score (nSPS) is 12.8. The van der Waals surface area contributed by atoms with E-state index in [0.29, 0.717) is 0 Å². The molecule has 1 aromatic heterocycles. The number of hydrogen-bond acceptors (Lipinski definition) is 5. The second-order valence-electron chi connectivity index (χ2n) is 6.72. The van der Waals surface area contributed by atoms with Gasteiger partial charge >= 0.3 is 0 Å². The van der Waals surface area contributed by atoms with E-state index in [-0.39, 0.29) is 16.9 Å². The zero-order valence-electron chi connectivity index (χ0n) is 15.9. The summed E-state index contributed by atoms with van der Waals surface area (Å²) in [6, 6.07) is 11.6. The number of para-hydroxylation sites is 1. The third-order valence-corrected chi connectivity index (χ3v) is 6.37. The van der Waals surface area contributed by atoms with Crippen molar-refractivity contribution in [1.29, 1.82) is 0 Å². The van der Waals surface area contributed by atoms with E-state index in [1.165, 1.54) is 38.4 Å². The van der Waals surface area contributed by atoms with E-state index in [0.717, 1.165) is 20.8 Å². The molecule has 29 heavy (non-hydrogen) atoms. The van der Waals surface area contributed by atoms with E-state index in [9.17, 15) is 23.1 Å². The highest BCUT2D eigenvalue weighted by Crippen LogP contribution is 2.19. The molecule has 0 saturated carbocycles. The summed E-state index contributed by atoms with van der Waals surface area (Å²) in [5.74, 6) is -2.13. The van der Waals surface area contributed by atoms with Crippen LogP contribution in [-0.2, 0) is 21.2 Å². The van der Waals surface area contributed by atoms with Gasteiger partial charge < -0.3 is 20.2 Å². The molecule has 1 heterocycles. The molecule has 0 spiro atoms. The molecule has 0 aliphatic rings. The van der Waals surface area contributed by atoms with Gasteiger partial charge in [-0.25, -0.2) is 12.7 Å². The van der Waals surface area contributed by atoms with Crippen molar-refractivity contribution in [3.8, 4) is 0 Å². The summed E-state index contributed by atoms with van der Waals surface area (Å²) >= 11 is 0. The molecular formula is C20H20N3O5S-. The third kappa shape index (κ3) is 4.30. The summed E-state index contributed by atoms with van der Waals surface area (Å²) < 4.78 is 25.6. The van der Waals surface area contributed by atoms with Crippen LogP contribution in [0.15, 0.2) is 59.6 Å². The Morgan fingerprint density at radius 1 is 1.14 bits per heavy atom. The third-order valence-electron chi connectivity index (χ3n) is 4.56. The zero-order chi connectivity index (χ0) is 21.2. The minimum absolute atomic E-state index is 0.0216. The van der Waals surface area contributed by atoms with Gasteiger partial charge in [0.1, 0.15) is 0 Å². The molecule has 0 fully saturated rings. The summed E-state index contributed by atoms with van der Waals surface area (Å²) in [5, 5.41) is 14.9. The maximum Gasteiger partial charge on any atom is 0.251 e. The summed E-state index contributed by atoms with van der Waals surface area (Å²) in [6.07, 6.45) is 1.71. The van der Waals surface area contributed by atoms with Crippen molar-refractivity contribution in [3.05, 3.63) is 65.9 Å². The van der Waals surface area contributed by atoms with Crippen LogP contribution in [0.2, 0.25) is 0 Å². The molecule has 3 aromatic rings. The number of rotatable bonds is 7. The number of hydrogen-bond donors (Lipinski definition) is 2. The number of aliphatic carboxylic acids is 1. The van der Waals surface area contributed by atoms with Crippen molar-refractivity contribution in [2.45, 2.75) is 17.4 Å². The fraction of sp³-hybridized carbons (Fsp3) is 0.200. The topological polar surface area (TPSA) is 122 Å². The number of carbonyl (C=O) groups is 2. The lowest BCUT2D eigenvalue weighted by Gasteiger charge is -2.20. The Bertz CT molecular complexity index is 1170. The number of carbonyl (C=O) groups excluding carboxylic acids is 2. The number of nitrogens with zero attached hydrogens (tertiary/aromatic N) is 1. The number of sulfonamides is 1. The number of carboxylic acid groups (broad SMARTS) is 1. The lowest BCUT2D eigenvalue weighted by molar-refractivity contribution is -0.308. The Kier molecular flexibility index (Phi) is 5.71. The number of aromatic nitrogens is 1. The first-order valence-electron chi connectivity index (χ1n) is 8.79. The smallest absolute Gasteiger partial charge is 0.251 e. The van der Waals surface area contributed by atoms with Gasteiger partial charge in [0.15, 0.2) is 0 Å². The fourth-order valence-electron chi connectivity index (χ4n) is 2.96. The van der Waals surface area contributed by atoms with Gasteiger partial charge in [0.05, 0.1) is 16.9 Å². The van der Waals surface area contributed by atoms with E-state index >= 15 is 0 Å². The molecule has 9 heteroatoms. The van der Waals surface area contributed by atoms with Gasteiger partial charge in [0, 0.05) is 43.2 Å². The molecule has 1 amide bonds. The van der Waals surface area contributed by atoms with Crippen LogP contribution < -0.4 is 10.4 Å². The van der Waals surface area contributed by atoms with Crippen LogP contribution in [-0.4, -0.2) is 49.7 Å². The van der Waals surface area contributed by atoms with Gasteiger partial charge in [0.25, 0.3) is 5.91 Å². The van der Waals surface area contributed by atoms with Crippen molar-refractivity contribution in [1.82, 2.24) is 14.6 Å². The lowest BCUT2D eigenvalue weighted by Crippen LogP contribution is -2.49. The Hall–Kier alpha value is -3.17. The monoisotopic (exact) mass is 414 g/mol. The van der Waals surface area contributed by atoms with Crippen molar-refractivity contribution >= 4 is 32.8 Å². The minimum atomic E-state index is -3.72. The number of aromatic amines is 1. The lowest BCUT2D eigenvalue weighted by atomic mass is 10.0. The molecule has 0 radical (unpaired) electrons. The predicted octanol–water partition coefficient (Wildman–Crippen LogP) is 0.509. The van der Waals surface area contributed by atoms with Crippen LogP contribution in [0.3, 0.4) is 0 Å². The second kappa shape index (κ2) is 8.06. The van der Waals surface area contributed by atoms with Crippen molar-refractivity contribution in [2.75, 3.05) is 14.1 Å². The summed E-state index contributed by atoms with van der Waals surface area (Å²) in [7, 11) is -0.954. The average Bonchev–Trinajstić information content (AvgIpc) is 3.10. The van der Waals surface area contributed by atoms with E-state index in [4.69, 9.17) is 0 Å². The quantitative estimate of drug-likeness (QED) is 0.583. The highest BCUT2D eigenvalue weighted by atomic mass is 32.2. The molecular weight excluding hydrogens is 394 g/mol. The molecule has 2 aromatic carbocycles. The van der Waals surface area contributed by atoms with Crippen LogP contribution in [0.5, 0.6) is 0 Å². The van der Waals surface area contributed by atoms with Gasteiger partial charge in [0.2, 0.25) is 10.0 Å². The molecule has 1 atom stereocenters. The number of nitrogens with one attached hydrogen (secondary N) is 2. The summed E-state index contributed by atoms with van der Waals surface area (Å²) in [4.78, 5) is 27.2. The SMILES string of the molecule is CN(C)S(=O)(=O)c1cccc(C(=O)N[C@@H](Cc2c[nH]c3ccccc23)C(=O)[O-])c1. The van der Waals surface area contributed by atoms with E-state index in [1.54, 1.807) is 6.20 Å². The number of H-pyrrole nitrogens is 1. The molecule has 3 rings (SSSR count). The van der Waals surface area contributed by atoms with Crippen molar-refractivity contribution in [2.24, 2.45) is 0 Å². The molecule has 152 valence electrons. The maximum atomic E-state index is 12.6. The van der Waals surface area contributed by atoms with E-state index in [2.05, 4.69) is 10.3 Å². The standard InChI is InChI=1S/C20H21N3O5S/c1-23(2)29(27,28)15-7-5-6-13(10-15)19(24)22-18(20(25)26)11-14-12-21-17-9-4-3-8-16(14)17/h3-10,12,18,21H,11H2,1-2H3,(H,22,24)(H,25,26)/p-1/t18-/m0/s1. The first kappa shape index (κ1) is 20.6. The number of fused-ring (bicyclic) bond motifs is 1. The van der Waals surface area contributed by atoms with Gasteiger partial charge in [-0.3, -0.25) is 4.79 Å². The molecule has 0 saturated heterocycles. The van der Waals surface area contributed by atoms with Crippen LogP contribution in [0.25, 0.3) is 10.9 Å². The Labute approximate surface area is 168 Å². The summed E-state index contributed by atoms with van der Waals surface area (Å²) in [6.45, 7) is 0. The van der Waals surface area contributed by atoms with Crippen LogP contribution in [0.4, 0.5) is 0 Å². The summed E-state index contributed by atoms with van der Waals surface area (Å²) in [5.41, 5.74) is 1.62. The predicted molar refractivity (Wildman–Crippen MR) is 106 cm³/mol. The van der Waals surface area contributed by atoms with Gasteiger partial charge in [-0.05, 0) is 29.8 Å². The van der Waals surface area contributed by atoms with Gasteiger partial charge in [-0.1, -0.05) is 24.3 Å². The Balaban J connectivity index is 1.83. The Morgan fingerprint density at radius 3 is 2.55 bits per heavy atom.